The molecule has 0 aliphatic carbocycles. The van der Waals surface area contributed by atoms with Gasteiger partial charge >= 0.3 is 6.03 Å². The molecule has 2 unspecified atom stereocenters. The number of hydrogen-bond acceptors (Lipinski definition) is 3. The molecule has 1 fully saturated rings. The third-order valence-electron chi connectivity index (χ3n) is 4.31. The summed E-state index contributed by atoms with van der Waals surface area (Å²) < 4.78 is 0. The van der Waals surface area contributed by atoms with E-state index in [1.54, 1.807) is 0 Å². The van der Waals surface area contributed by atoms with Gasteiger partial charge in [0.05, 0.1) is 12.1 Å². The van der Waals surface area contributed by atoms with Gasteiger partial charge in [-0.05, 0) is 43.9 Å². The minimum atomic E-state index is -0.473. The first kappa shape index (κ1) is 17.6. The summed E-state index contributed by atoms with van der Waals surface area (Å²) in [4.78, 5) is 14.3. The molecule has 5 nitrogen and oxygen atoms in total. The molecule has 2 atom stereocenters. The van der Waals surface area contributed by atoms with E-state index in [4.69, 9.17) is 0 Å². The van der Waals surface area contributed by atoms with Crippen molar-refractivity contribution >= 4 is 11.7 Å². The lowest BCUT2D eigenvalue weighted by atomic mass is 10.1. The molecule has 1 aromatic carbocycles. The standard InChI is InChI=1S/C18H29N3O2/c1-3-7-17(22)13-19-18(23)20-14(2)15-8-6-9-16(12-15)21-10-4-5-11-21/h6,8-9,12,14,17,22H,3-5,7,10-11,13H2,1-2H3,(H2,19,20,23). The number of anilines is 1. The van der Waals surface area contributed by atoms with E-state index in [0.29, 0.717) is 13.0 Å². The first-order valence-electron chi connectivity index (χ1n) is 8.67. The van der Waals surface area contributed by atoms with E-state index in [-0.39, 0.29) is 12.1 Å². The second kappa shape index (κ2) is 8.77. The molecule has 2 rings (SSSR count). The van der Waals surface area contributed by atoms with Crippen LogP contribution >= 0.6 is 0 Å². The number of carbonyl (C=O) groups is 1. The van der Waals surface area contributed by atoms with Gasteiger partial charge in [-0.25, -0.2) is 4.79 Å². The van der Waals surface area contributed by atoms with Gasteiger partial charge in [-0.1, -0.05) is 25.5 Å². The van der Waals surface area contributed by atoms with E-state index in [0.717, 1.165) is 25.1 Å². The van der Waals surface area contributed by atoms with E-state index in [1.807, 2.05) is 26.0 Å². The van der Waals surface area contributed by atoms with Gasteiger partial charge in [0.2, 0.25) is 0 Å². The van der Waals surface area contributed by atoms with Crippen LogP contribution in [0.4, 0.5) is 10.5 Å². The number of rotatable bonds is 7. The van der Waals surface area contributed by atoms with Crippen molar-refractivity contribution in [1.82, 2.24) is 10.6 Å². The van der Waals surface area contributed by atoms with Gasteiger partial charge < -0.3 is 20.6 Å². The molecule has 1 aromatic rings. The lowest BCUT2D eigenvalue weighted by molar-refractivity contribution is 0.160. The molecule has 0 aromatic heterocycles. The molecular weight excluding hydrogens is 290 g/mol. The van der Waals surface area contributed by atoms with E-state index >= 15 is 0 Å². The maximum absolute atomic E-state index is 11.9. The topological polar surface area (TPSA) is 64.6 Å². The maximum atomic E-state index is 11.9. The van der Waals surface area contributed by atoms with Crippen LogP contribution in [0.15, 0.2) is 24.3 Å². The summed E-state index contributed by atoms with van der Waals surface area (Å²) in [6.45, 7) is 6.51. The van der Waals surface area contributed by atoms with Crippen molar-refractivity contribution in [3.8, 4) is 0 Å². The fourth-order valence-electron chi connectivity index (χ4n) is 2.94. The Morgan fingerprint density at radius 2 is 2.09 bits per heavy atom. The number of nitrogens with one attached hydrogen (secondary N) is 2. The normalized spacial score (nSPS) is 16.9. The Morgan fingerprint density at radius 1 is 1.35 bits per heavy atom. The summed E-state index contributed by atoms with van der Waals surface area (Å²) >= 11 is 0. The Labute approximate surface area is 139 Å². The molecule has 1 aliphatic rings. The number of amides is 2. The van der Waals surface area contributed by atoms with Crippen LogP contribution in [0.3, 0.4) is 0 Å². The van der Waals surface area contributed by atoms with Crippen molar-refractivity contribution < 1.29 is 9.90 Å². The average molecular weight is 319 g/mol. The summed E-state index contributed by atoms with van der Waals surface area (Å²) in [5.41, 5.74) is 2.33. The zero-order valence-corrected chi connectivity index (χ0v) is 14.2. The molecule has 128 valence electrons. The lowest BCUT2D eigenvalue weighted by Gasteiger charge is -2.21. The van der Waals surface area contributed by atoms with Crippen LogP contribution in [0.5, 0.6) is 0 Å². The molecule has 0 bridgehead atoms. The summed E-state index contributed by atoms with van der Waals surface area (Å²) in [7, 11) is 0. The Balaban J connectivity index is 1.86. The van der Waals surface area contributed by atoms with Gasteiger partial charge in [-0.2, -0.15) is 0 Å². The minimum Gasteiger partial charge on any atom is -0.391 e. The monoisotopic (exact) mass is 319 g/mol. The minimum absolute atomic E-state index is 0.0686. The van der Waals surface area contributed by atoms with E-state index < -0.39 is 6.10 Å². The van der Waals surface area contributed by atoms with Crippen LogP contribution in [0.1, 0.15) is 51.1 Å². The van der Waals surface area contributed by atoms with Gasteiger partial charge in [-0.15, -0.1) is 0 Å². The molecule has 5 heteroatoms. The zero-order chi connectivity index (χ0) is 16.7. The fourth-order valence-corrected chi connectivity index (χ4v) is 2.94. The summed E-state index contributed by atoms with van der Waals surface area (Å²) in [5.74, 6) is 0. The van der Waals surface area contributed by atoms with Crippen LogP contribution in [0.25, 0.3) is 0 Å². The Morgan fingerprint density at radius 3 is 2.78 bits per heavy atom. The molecule has 2 amide bonds. The molecule has 23 heavy (non-hydrogen) atoms. The summed E-state index contributed by atoms with van der Waals surface area (Å²) in [6.07, 6.45) is 3.64. The molecule has 0 spiro atoms. The fraction of sp³-hybridized carbons (Fsp3) is 0.611. The van der Waals surface area contributed by atoms with Crippen molar-refractivity contribution in [2.75, 3.05) is 24.5 Å². The van der Waals surface area contributed by atoms with Crippen molar-refractivity contribution in [2.24, 2.45) is 0 Å². The number of hydrogen-bond donors (Lipinski definition) is 3. The molecule has 1 aliphatic heterocycles. The Kier molecular flexibility index (Phi) is 6.71. The number of aliphatic hydroxyl groups is 1. The maximum Gasteiger partial charge on any atom is 0.315 e. The quantitative estimate of drug-likeness (QED) is 0.724. The highest BCUT2D eigenvalue weighted by Gasteiger charge is 2.15. The third kappa shape index (κ3) is 5.43. The average Bonchev–Trinajstić information content (AvgIpc) is 3.08. The Hall–Kier alpha value is -1.75. The van der Waals surface area contributed by atoms with E-state index in [2.05, 4.69) is 27.7 Å². The first-order valence-corrected chi connectivity index (χ1v) is 8.67. The van der Waals surface area contributed by atoms with Crippen LogP contribution in [0, 0.1) is 0 Å². The predicted molar refractivity (Wildman–Crippen MR) is 93.8 cm³/mol. The summed E-state index contributed by atoms with van der Waals surface area (Å²) in [6, 6.07) is 8.06. The van der Waals surface area contributed by atoms with Gasteiger partial charge in [0, 0.05) is 25.3 Å². The van der Waals surface area contributed by atoms with Crippen LogP contribution in [-0.4, -0.2) is 36.9 Å². The predicted octanol–water partition coefficient (Wildman–Crippen LogP) is 2.81. The molecule has 1 saturated heterocycles. The van der Waals surface area contributed by atoms with Crippen LogP contribution < -0.4 is 15.5 Å². The number of nitrogens with zero attached hydrogens (tertiary/aromatic N) is 1. The number of aliphatic hydroxyl groups excluding tert-OH is 1. The van der Waals surface area contributed by atoms with Gasteiger partial charge in [0.15, 0.2) is 0 Å². The first-order chi connectivity index (χ1) is 11.1. The van der Waals surface area contributed by atoms with Crippen molar-refractivity contribution in [3.63, 3.8) is 0 Å². The lowest BCUT2D eigenvalue weighted by Crippen LogP contribution is -2.40. The van der Waals surface area contributed by atoms with Crippen LogP contribution in [0.2, 0.25) is 0 Å². The largest absolute Gasteiger partial charge is 0.391 e. The van der Waals surface area contributed by atoms with Crippen molar-refractivity contribution in [2.45, 2.75) is 51.7 Å². The highest BCUT2D eigenvalue weighted by atomic mass is 16.3. The molecule has 1 heterocycles. The summed E-state index contributed by atoms with van der Waals surface area (Å²) in [5, 5.41) is 15.3. The number of benzene rings is 1. The smallest absolute Gasteiger partial charge is 0.315 e. The van der Waals surface area contributed by atoms with Gasteiger partial charge in [0.1, 0.15) is 0 Å². The van der Waals surface area contributed by atoms with E-state index in [1.165, 1.54) is 18.5 Å². The van der Waals surface area contributed by atoms with Crippen molar-refractivity contribution in [3.05, 3.63) is 29.8 Å². The highest BCUT2D eigenvalue weighted by molar-refractivity contribution is 5.74. The van der Waals surface area contributed by atoms with Gasteiger partial charge in [0.25, 0.3) is 0 Å². The SMILES string of the molecule is CCCC(O)CNC(=O)NC(C)c1cccc(N2CCCC2)c1. The van der Waals surface area contributed by atoms with E-state index in [9.17, 15) is 9.90 Å². The zero-order valence-electron chi connectivity index (χ0n) is 14.2. The van der Waals surface area contributed by atoms with Gasteiger partial charge in [-0.3, -0.25) is 0 Å². The van der Waals surface area contributed by atoms with Crippen LogP contribution in [-0.2, 0) is 0 Å². The number of carbonyl (C=O) groups excluding carboxylic acids is 1. The highest BCUT2D eigenvalue weighted by Crippen LogP contribution is 2.23. The second-order valence-corrected chi connectivity index (χ2v) is 6.31. The molecule has 3 N–H and O–H groups in total. The molecular formula is C18H29N3O2. The molecule has 0 radical (unpaired) electrons. The third-order valence-corrected chi connectivity index (χ3v) is 4.31. The molecule has 0 saturated carbocycles. The van der Waals surface area contributed by atoms with Crippen molar-refractivity contribution in [1.29, 1.82) is 0 Å². The number of urea groups is 1. The second-order valence-electron chi connectivity index (χ2n) is 6.31. The Bertz CT molecular complexity index is 501.